The van der Waals surface area contributed by atoms with E-state index in [9.17, 15) is 41.9 Å². The van der Waals surface area contributed by atoms with Gasteiger partial charge in [-0.3, -0.25) is 57.5 Å². The lowest BCUT2D eigenvalue weighted by molar-refractivity contribution is -0.182. The number of halogens is 4. The predicted molar refractivity (Wildman–Crippen MR) is 370 cm³/mol. The van der Waals surface area contributed by atoms with Gasteiger partial charge in [-0.25, -0.2) is 0 Å². The van der Waals surface area contributed by atoms with E-state index in [-0.39, 0.29) is 94.4 Å². The summed E-state index contributed by atoms with van der Waals surface area (Å²) in [5.74, 6) is -10.5. The van der Waals surface area contributed by atoms with Crippen molar-refractivity contribution >= 4 is 82.5 Å². The molecule has 0 aromatic heterocycles. The van der Waals surface area contributed by atoms with Crippen molar-refractivity contribution in [2.75, 3.05) is 88.6 Å². The summed E-state index contributed by atoms with van der Waals surface area (Å²) < 4.78 is 42.0. The van der Waals surface area contributed by atoms with Crippen LogP contribution in [0.5, 0.6) is 0 Å². The van der Waals surface area contributed by atoms with Crippen LogP contribution in [0, 0.1) is 35.5 Å². The summed E-state index contributed by atoms with van der Waals surface area (Å²) in [6, 6.07) is -8.50. The number of rotatable bonds is 11. The Hall–Kier alpha value is -6.28. The Balaban J connectivity index is 1.27. The van der Waals surface area contributed by atoms with Crippen molar-refractivity contribution < 1.29 is 70.7 Å². The quantitative estimate of drug-likeness (QED) is 0.198. The molecule has 12 amide bonds. The second kappa shape index (κ2) is 36.2. The van der Waals surface area contributed by atoms with E-state index in [4.69, 9.17) is 11.6 Å². The highest BCUT2D eigenvalue weighted by Gasteiger charge is 2.52. The normalized spacial score (nSPS) is 30.0. The Bertz CT molecular complexity index is 2900. The van der Waals surface area contributed by atoms with Gasteiger partial charge in [0.05, 0.1) is 32.0 Å². The first-order valence-electron chi connectivity index (χ1n) is 37.2. The molecule has 0 aromatic carbocycles. The van der Waals surface area contributed by atoms with Gasteiger partial charge in [-0.2, -0.15) is 13.2 Å². The Morgan fingerprint density at radius 1 is 0.580 bits per heavy atom. The molecule has 0 radical (unpaired) electrons. The molecule has 7 aliphatic rings. The van der Waals surface area contributed by atoms with Gasteiger partial charge in [0, 0.05) is 74.3 Å². The molecule has 564 valence electrons. The summed E-state index contributed by atoms with van der Waals surface area (Å²) in [5.41, 5.74) is -1.55. The van der Waals surface area contributed by atoms with Crippen molar-refractivity contribution in [2.45, 2.75) is 260 Å². The molecule has 100 heavy (non-hydrogen) atoms. The monoisotopic (exact) mass is 1430 g/mol. The SMILES string of the molecule is CC[C@H](C)[C@@H]1NC(=O)[C@H](CC(C)C)N(C)C(=O)C[C@@H](C(=O)N2CCCCC2)N(C)C(=O)[C@H](C2CCCC2)N(C)C(=O)C2(CCCC2)NC(=O)[C@@H]2CCCN2C(=O)[C@H](CCC2CCC(C(F)(F)F)C(Cl)C2)NC(=O)CN(C)C(=O)[C@H](CC2CCCCC2)N(C)C(=O)CN(C)C(=O)CN(C)C1=O. The van der Waals surface area contributed by atoms with E-state index < -0.39 is 168 Å². The zero-order valence-corrected chi connectivity index (χ0v) is 62.1. The summed E-state index contributed by atoms with van der Waals surface area (Å²) >= 11 is 6.41. The number of carbonyl (C=O) groups excluding carboxylic acids is 12. The third-order valence-electron chi connectivity index (χ3n) is 23.2. The number of nitrogens with zero attached hydrogens (tertiary/aromatic N) is 9. The second-order valence-corrected chi connectivity index (χ2v) is 31.5. The van der Waals surface area contributed by atoms with E-state index in [1.165, 1.54) is 73.8 Å². The van der Waals surface area contributed by atoms with Crippen LogP contribution in [0.1, 0.15) is 201 Å². The first kappa shape index (κ1) is 81.0. The van der Waals surface area contributed by atoms with Gasteiger partial charge in [-0.15, -0.1) is 11.6 Å². The van der Waals surface area contributed by atoms with Gasteiger partial charge in [0.15, 0.2) is 0 Å². The minimum atomic E-state index is -4.51. The number of hydrogen-bond acceptors (Lipinski definition) is 12. The summed E-state index contributed by atoms with van der Waals surface area (Å²) in [7, 11) is 10.1. The molecule has 1 spiro atoms. The fourth-order valence-corrected chi connectivity index (χ4v) is 17.2. The van der Waals surface area contributed by atoms with Crippen LogP contribution in [0.3, 0.4) is 0 Å². The summed E-state index contributed by atoms with van der Waals surface area (Å²) in [5, 5.41) is 7.63. The highest BCUT2D eigenvalue weighted by atomic mass is 35.5. The summed E-state index contributed by atoms with van der Waals surface area (Å²) in [6.07, 6.45) is 7.09. The third-order valence-corrected chi connectivity index (χ3v) is 23.7. The number of likely N-dealkylation sites (tertiary alicyclic amines) is 1. The van der Waals surface area contributed by atoms with Gasteiger partial charge in [0.1, 0.15) is 47.8 Å². The van der Waals surface area contributed by atoms with Gasteiger partial charge in [-0.1, -0.05) is 91.9 Å². The fraction of sp³-hybridized carbons (Fsp3) is 0.833. The maximum absolute atomic E-state index is 15.7. The number of carbonyl (C=O) groups is 12. The Morgan fingerprint density at radius 3 is 1.79 bits per heavy atom. The van der Waals surface area contributed by atoms with E-state index >= 15 is 28.8 Å². The minimum Gasteiger partial charge on any atom is -0.343 e. The molecule has 7 fully saturated rings. The number of likely N-dealkylation sites (N-methyl/N-ethyl adjacent to an activating group) is 7. The van der Waals surface area contributed by atoms with Crippen LogP contribution in [-0.2, 0) is 57.5 Å². The topological polar surface area (TPSA) is 270 Å². The average molecular weight is 1430 g/mol. The van der Waals surface area contributed by atoms with Crippen LogP contribution in [0.2, 0.25) is 0 Å². The number of hydrogen-bond donors (Lipinski definition) is 3. The van der Waals surface area contributed by atoms with E-state index in [0.717, 1.165) is 66.1 Å². The minimum absolute atomic E-state index is 0.00311. The number of alkyl halides is 4. The zero-order chi connectivity index (χ0) is 73.7. The zero-order valence-electron chi connectivity index (χ0n) is 61.4. The highest BCUT2D eigenvalue weighted by Crippen LogP contribution is 2.44. The smallest absolute Gasteiger partial charge is 0.343 e. The molecule has 3 unspecified atom stereocenters. The van der Waals surface area contributed by atoms with Crippen LogP contribution < -0.4 is 16.0 Å². The first-order chi connectivity index (χ1) is 47.2. The average Bonchev–Trinajstić information content (AvgIpc) is 1.49. The lowest BCUT2D eigenvalue weighted by atomic mass is 9.78. The van der Waals surface area contributed by atoms with Crippen LogP contribution in [-0.4, -0.2) is 263 Å². The number of piperidine rings is 1. The molecule has 3 heterocycles. The number of fused-ring (bicyclic) bond motifs is 1. The van der Waals surface area contributed by atoms with Gasteiger partial charge >= 0.3 is 6.18 Å². The van der Waals surface area contributed by atoms with Crippen LogP contribution in [0.4, 0.5) is 13.2 Å². The van der Waals surface area contributed by atoms with Crippen LogP contribution in [0.15, 0.2) is 0 Å². The molecule has 0 aromatic rings. The number of amides is 12. The standard InChI is InChI=1S/C72H116ClF3N12O12/c1-12-46(4)61-68(98)82(7)43-59(91)80(5)44-60(92)84(9)55(40-47-24-15-13-16-25-47)66(96)81(6)42-57(89)77-52(32-30-48-29-31-50(51(73)39-48)72(74,75)76)65(95)88-37-23-28-53(88)64(94)79-71(33-19-20-34-71)70(100)86(11)62(49-26-17-18-27-49)69(99)85(10)56(67(97)87-35-21-14-22-36-87)41-58(90)83(8)54(38-45(2)3)63(93)78-61/h45-56,61-62H,12-44H2,1-11H3,(H,77,89)(H,78,93)(H,79,94)/t46-,48?,50?,51?,52-,53-,54-,55-,56-,61-,62-/m0/s1. The fourth-order valence-electron chi connectivity index (χ4n) is 16.6. The predicted octanol–water partition coefficient (Wildman–Crippen LogP) is 6.09. The van der Waals surface area contributed by atoms with Crippen molar-refractivity contribution in [3.63, 3.8) is 0 Å². The molecule has 24 nitrogen and oxygen atoms in total. The lowest BCUT2D eigenvalue weighted by Crippen LogP contribution is -2.65. The Labute approximate surface area is 595 Å². The molecular formula is C72H116ClF3N12O12. The second-order valence-electron chi connectivity index (χ2n) is 30.9. The highest BCUT2D eigenvalue weighted by molar-refractivity contribution is 6.21. The van der Waals surface area contributed by atoms with Gasteiger partial charge in [0.2, 0.25) is 70.9 Å². The van der Waals surface area contributed by atoms with Crippen molar-refractivity contribution in [1.29, 1.82) is 0 Å². The van der Waals surface area contributed by atoms with Gasteiger partial charge in [0.25, 0.3) is 0 Å². The largest absolute Gasteiger partial charge is 0.393 e. The van der Waals surface area contributed by atoms with Gasteiger partial charge in [-0.05, 0) is 132 Å². The molecule has 11 atom stereocenters. The molecule has 3 N–H and O–H groups in total. The molecule has 28 heteroatoms. The third kappa shape index (κ3) is 20.3. The van der Waals surface area contributed by atoms with Gasteiger partial charge < -0.3 is 60.0 Å². The summed E-state index contributed by atoms with van der Waals surface area (Å²) in [4.78, 5) is 191. The van der Waals surface area contributed by atoms with Crippen molar-refractivity contribution in [2.24, 2.45) is 35.5 Å². The molecule has 4 saturated carbocycles. The van der Waals surface area contributed by atoms with E-state index in [1.807, 2.05) is 20.8 Å². The summed E-state index contributed by atoms with van der Waals surface area (Å²) in [6.45, 7) is 6.59. The molecule has 3 aliphatic heterocycles. The Morgan fingerprint density at radius 2 is 1.18 bits per heavy atom. The molecule has 3 saturated heterocycles. The van der Waals surface area contributed by atoms with E-state index in [0.29, 0.717) is 64.5 Å². The van der Waals surface area contributed by atoms with Crippen molar-refractivity contribution in [3.8, 4) is 0 Å². The van der Waals surface area contributed by atoms with E-state index in [2.05, 4.69) is 16.0 Å². The lowest BCUT2D eigenvalue weighted by Gasteiger charge is -2.42. The van der Waals surface area contributed by atoms with Crippen molar-refractivity contribution in [3.05, 3.63) is 0 Å². The van der Waals surface area contributed by atoms with E-state index in [1.54, 1.807) is 11.8 Å². The molecule has 0 bridgehead atoms. The maximum Gasteiger partial charge on any atom is 0.393 e. The molecular weight excluding hydrogens is 1320 g/mol. The maximum atomic E-state index is 15.7. The van der Waals surface area contributed by atoms with Crippen LogP contribution >= 0.6 is 11.6 Å². The molecule has 7 rings (SSSR count). The Kier molecular flexibility index (Phi) is 29.4. The first-order valence-corrected chi connectivity index (χ1v) is 37.6. The van der Waals surface area contributed by atoms with Crippen LogP contribution in [0.25, 0.3) is 0 Å². The van der Waals surface area contributed by atoms with Crippen molar-refractivity contribution in [1.82, 2.24) is 60.0 Å². The number of nitrogens with one attached hydrogen (secondary N) is 3. The molecule has 4 aliphatic carbocycles.